The molecular weight excluding hydrogens is 729 g/mol. The second-order valence-electron chi connectivity index (χ2n) is 15.6. The van der Waals surface area contributed by atoms with Crippen molar-refractivity contribution in [3.8, 4) is 56.2 Å². The molecule has 0 saturated carbocycles. The van der Waals surface area contributed by atoms with Gasteiger partial charge in [0.15, 0.2) is 5.82 Å². The average molecular weight is 765 g/mol. The van der Waals surface area contributed by atoms with Gasteiger partial charge in [-0.1, -0.05) is 194 Å². The molecule has 12 rings (SSSR count). The summed E-state index contributed by atoms with van der Waals surface area (Å²) >= 11 is 0. The molecule has 0 saturated heterocycles. The highest BCUT2D eigenvalue weighted by Gasteiger charge is 2.46. The monoisotopic (exact) mass is 764 g/mol. The third kappa shape index (κ3) is 5.09. The molecule has 1 aliphatic carbocycles. The number of rotatable bonds is 6. The van der Waals surface area contributed by atoms with Gasteiger partial charge in [-0.2, -0.15) is 0 Å². The highest BCUT2D eigenvalue weighted by atomic mass is 16.3. The van der Waals surface area contributed by atoms with Crippen LogP contribution in [0.15, 0.2) is 223 Å². The zero-order valence-electron chi connectivity index (χ0n) is 32.6. The lowest BCUT2D eigenvalue weighted by Gasteiger charge is -2.34. The molecule has 3 heteroatoms. The van der Waals surface area contributed by atoms with E-state index in [-0.39, 0.29) is 0 Å². The molecule has 9 aromatic carbocycles. The van der Waals surface area contributed by atoms with E-state index in [2.05, 4.69) is 200 Å². The fourth-order valence-electron chi connectivity index (χ4n) is 9.86. The van der Waals surface area contributed by atoms with Gasteiger partial charge in [0, 0.05) is 27.5 Å². The molecular formula is C57H36N2O. The Morgan fingerprint density at radius 2 is 0.883 bits per heavy atom. The summed E-state index contributed by atoms with van der Waals surface area (Å²) in [6.45, 7) is 0. The summed E-state index contributed by atoms with van der Waals surface area (Å²) in [4.78, 5) is 10.7. The van der Waals surface area contributed by atoms with Crippen molar-refractivity contribution in [1.82, 2.24) is 9.97 Å². The number of hydrogen-bond donors (Lipinski definition) is 0. The van der Waals surface area contributed by atoms with E-state index in [0.29, 0.717) is 5.82 Å². The summed E-state index contributed by atoms with van der Waals surface area (Å²) in [5.74, 6) is 0.665. The molecule has 3 nitrogen and oxygen atoms in total. The minimum atomic E-state index is -0.481. The molecule has 0 atom stereocenters. The van der Waals surface area contributed by atoms with E-state index in [9.17, 15) is 0 Å². The van der Waals surface area contributed by atoms with E-state index in [4.69, 9.17) is 14.4 Å². The first-order valence-corrected chi connectivity index (χ1v) is 20.5. The van der Waals surface area contributed by atoms with Crippen LogP contribution in [-0.2, 0) is 5.41 Å². The summed E-state index contributed by atoms with van der Waals surface area (Å²) in [6.07, 6.45) is 0. The van der Waals surface area contributed by atoms with Gasteiger partial charge in [0.1, 0.15) is 11.2 Å². The maximum atomic E-state index is 6.54. The number of nitrogens with zero attached hydrogens (tertiary/aromatic N) is 2. The molecule has 2 heterocycles. The van der Waals surface area contributed by atoms with Crippen molar-refractivity contribution >= 4 is 32.7 Å². The molecule has 11 aromatic rings. The van der Waals surface area contributed by atoms with Gasteiger partial charge in [-0.3, -0.25) is 0 Å². The Morgan fingerprint density at radius 1 is 0.350 bits per heavy atom. The van der Waals surface area contributed by atoms with Crippen LogP contribution in [0.25, 0.3) is 88.9 Å². The highest BCUT2D eigenvalue weighted by molar-refractivity contribution is 6.10. The number of aromatic nitrogens is 2. The first-order chi connectivity index (χ1) is 29.8. The highest BCUT2D eigenvalue weighted by Crippen LogP contribution is 2.58. The molecule has 0 radical (unpaired) electrons. The molecule has 2 aromatic heterocycles. The Morgan fingerprint density at radius 3 is 1.65 bits per heavy atom. The lowest BCUT2D eigenvalue weighted by Crippen LogP contribution is -2.28. The van der Waals surface area contributed by atoms with Gasteiger partial charge in [0.2, 0.25) is 0 Å². The first-order valence-electron chi connectivity index (χ1n) is 20.5. The van der Waals surface area contributed by atoms with Crippen molar-refractivity contribution in [2.24, 2.45) is 0 Å². The van der Waals surface area contributed by atoms with E-state index in [0.717, 1.165) is 60.8 Å². The molecule has 60 heavy (non-hydrogen) atoms. The summed E-state index contributed by atoms with van der Waals surface area (Å²) in [5.41, 5.74) is 15.8. The zero-order chi connectivity index (χ0) is 39.6. The van der Waals surface area contributed by atoms with Crippen molar-refractivity contribution in [2.75, 3.05) is 0 Å². The molecule has 1 aliphatic rings. The SMILES string of the molecule is c1ccc(-c2cc(-c3cccc4c3oc3ccccc34)nc(-c3ccc(-c4cccc5c4-c4ccccc4C5(c4ccccc4)c4ccccc4)c4ccccc34)n2)cc1. The van der Waals surface area contributed by atoms with Crippen molar-refractivity contribution in [1.29, 1.82) is 0 Å². The lowest BCUT2D eigenvalue weighted by molar-refractivity contribution is 0.670. The molecule has 0 amide bonds. The van der Waals surface area contributed by atoms with Gasteiger partial charge in [-0.05, 0) is 79.5 Å². The average Bonchev–Trinajstić information content (AvgIpc) is 3.86. The Hall–Kier alpha value is -7.88. The smallest absolute Gasteiger partial charge is 0.161 e. The minimum Gasteiger partial charge on any atom is -0.455 e. The van der Waals surface area contributed by atoms with Crippen molar-refractivity contribution in [2.45, 2.75) is 5.41 Å². The number of furan rings is 1. The van der Waals surface area contributed by atoms with E-state index in [1.54, 1.807) is 0 Å². The van der Waals surface area contributed by atoms with Crippen LogP contribution in [0.5, 0.6) is 0 Å². The second kappa shape index (κ2) is 13.6. The van der Waals surface area contributed by atoms with Crippen LogP contribution < -0.4 is 0 Å². The zero-order valence-corrected chi connectivity index (χ0v) is 32.6. The molecule has 0 unspecified atom stereocenters. The minimum absolute atomic E-state index is 0.481. The van der Waals surface area contributed by atoms with Crippen LogP contribution in [0.3, 0.4) is 0 Å². The van der Waals surface area contributed by atoms with E-state index in [1.165, 1.54) is 44.5 Å². The Kier molecular flexibility index (Phi) is 7.76. The van der Waals surface area contributed by atoms with Crippen LogP contribution in [0.2, 0.25) is 0 Å². The number of hydrogen-bond acceptors (Lipinski definition) is 3. The normalized spacial score (nSPS) is 12.8. The second-order valence-corrected chi connectivity index (χ2v) is 15.6. The topological polar surface area (TPSA) is 38.9 Å². The van der Waals surface area contributed by atoms with Gasteiger partial charge in [-0.15, -0.1) is 0 Å². The fraction of sp³-hybridized carbons (Fsp3) is 0.0175. The van der Waals surface area contributed by atoms with Crippen LogP contribution >= 0.6 is 0 Å². The van der Waals surface area contributed by atoms with E-state index >= 15 is 0 Å². The molecule has 0 N–H and O–H groups in total. The number of para-hydroxylation sites is 2. The molecule has 0 fully saturated rings. The third-order valence-electron chi connectivity index (χ3n) is 12.4. The van der Waals surface area contributed by atoms with Gasteiger partial charge >= 0.3 is 0 Å². The predicted octanol–water partition coefficient (Wildman–Crippen LogP) is 14.6. The lowest BCUT2D eigenvalue weighted by atomic mass is 9.67. The Balaban J connectivity index is 1.09. The fourth-order valence-corrected chi connectivity index (χ4v) is 9.86. The summed E-state index contributed by atoms with van der Waals surface area (Å²) in [5, 5.41) is 4.40. The summed E-state index contributed by atoms with van der Waals surface area (Å²) < 4.78 is 6.54. The van der Waals surface area contributed by atoms with Crippen LogP contribution in [0, 0.1) is 0 Å². The first kappa shape index (κ1) is 34.2. The quantitative estimate of drug-likeness (QED) is 0.169. The Labute approximate surface area is 347 Å². The maximum Gasteiger partial charge on any atom is 0.161 e. The Bertz CT molecular complexity index is 3380. The summed E-state index contributed by atoms with van der Waals surface area (Å²) in [6, 6.07) is 78.0. The van der Waals surface area contributed by atoms with E-state index < -0.39 is 5.41 Å². The summed E-state index contributed by atoms with van der Waals surface area (Å²) in [7, 11) is 0. The molecule has 280 valence electrons. The predicted molar refractivity (Wildman–Crippen MR) is 246 cm³/mol. The van der Waals surface area contributed by atoms with Gasteiger partial charge in [0.05, 0.1) is 16.8 Å². The number of fused-ring (bicyclic) bond motifs is 7. The van der Waals surface area contributed by atoms with Crippen molar-refractivity contribution in [3.63, 3.8) is 0 Å². The number of benzene rings is 9. The third-order valence-corrected chi connectivity index (χ3v) is 12.4. The van der Waals surface area contributed by atoms with E-state index in [1.807, 2.05) is 18.2 Å². The van der Waals surface area contributed by atoms with Crippen LogP contribution in [-0.4, -0.2) is 9.97 Å². The standard InChI is InChI=1S/C57H36N2O/c1-4-18-37(19-5-1)51-36-52(48-30-16-29-45-43-26-13-15-33-53(43)60-55(45)48)59-56(58-51)46-35-34-42(40-24-10-11-25-41(40)46)44-28-17-32-50-54(44)47-27-12-14-31-49(47)57(50,38-20-6-2-7-21-38)39-22-8-3-9-23-39/h1-36H. The van der Waals surface area contributed by atoms with Crippen molar-refractivity contribution in [3.05, 3.63) is 241 Å². The van der Waals surface area contributed by atoms with Crippen LogP contribution in [0.1, 0.15) is 22.3 Å². The van der Waals surface area contributed by atoms with Gasteiger partial charge in [-0.25, -0.2) is 9.97 Å². The molecule has 0 bridgehead atoms. The largest absolute Gasteiger partial charge is 0.455 e. The van der Waals surface area contributed by atoms with Gasteiger partial charge < -0.3 is 4.42 Å². The molecule has 0 spiro atoms. The maximum absolute atomic E-state index is 6.54. The molecule has 0 aliphatic heterocycles. The van der Waals surface area contributed by atoms with Crippen molar-refractivity contribution < 1.29 is 4.42 Å². The van der Waals surface area contributed by atoms with Gasteiger partial charge in [0.25, 0.3) is 0 Å². The van der Waals surface area contributed by atoms with Crippen LogP contribution in [0.4, 0.5) is 0 Å².